The number of carbonyl (C=O) groups is 2. The first kappa shape index (κ1) is 8.65. The first-order chi connectivity index (χ1) is 6.03. The molecule has 2 aliphatic heterocycles. The number of rotatable bonds is 1. The van der Waals surface area contributed by atoms with Gasteiger partial charge in [-0.2, -0.15) is 0 Å². The Morgan fingerprint density at radius 2 is 2.08 bits per heavy atom. The van der Waals surface area contributed by atoms with Crippen LogP contribution in [-0.2, 0) is 23.8 Å². The third-order valence-electron chi connectivity index (χ3n) is 2.07. The van der Waals surface area contributed by atoms with Crippen LogP contribution < -0.4 is 0 Å². The minimum Gasteiger partial charge on any atom is -0.450 e. The molecule has 72 valence electrons. The molecule has 2 saturated heterocycles. The lowest BCUT2D eigenvalue weighted by Gasteiger charge is -2.19. The molecule has 0 aromatic rings. The van der Waals surface area contributed by atoms with Crippen molar-refractivity contribution in [3.8, 4) is 0 Å². The standard InChI is InChI=1S/C8H10O5/c1-8(2)12-5-4(3-9)11-7(10)6(5)13-8/h3-6H,1-2H3/t4-,5-,6-/m1/s1. The summed E-state index contributed by atoms with van der Waals surface area (Å²) in [4.78, 5) is 21.6. The van der Waals surface area contributed by atoms with Crippen LogP contribution in [0.4, 0.5) is 0 Å². The van der Waals surface area contributed by atoms with Gasteiger partial charge in [0.15, 0.2) is 24.3 Å². The van der Waals surface area contributed by atoms with E-state index in [0.29, 0.717) is 6.29 Å². The van der Waals surface area contributed by atoms with Crippen LogP contribution in [0.5, 0.6) is 0 Å². The molecule has 0 amide bonds. The third kappa shape index (κ3) is 1.24. The predicted molar refractivity (Wildman–Crippen MR) is 39.8 cm³/mol. The number of cyclic esters (lactones) is 1. The van der Waals surface area contributed by atoms with E-state index in [0.717, 1.165) is 0 Å². The van der Waals surface area contributed by atoms with Gasteiger partial charge < -0.3 is 14.2 Å². The molecule has 5 heteroatoms. The zero-order valence-electron chi connectivity index (χ0n) is 7.35. The fourth-order valence-corrected chi connectivity index (χ4v) is 1.59. The SMILES string of the molecule is CC1(C)O[C@@H]2[C@@H](C=O)OC(=O)[C@@H]2O1. The molecule has 0 unspecified atom stereocenters. The Bertz CT molecular complexity index is 259. The van der Waals surface area contributed by atoms with Gasteiger partial charge in [0, 0.05) is 0 Å². The number of aldehydes is 1. The highest BCUT2D eigenvalue weighted by Gasteiger charge is 2.55. The largest absolute Gasteiger partial charge is 0.450 e. The maximum absolute atomic E-state index is 11.1. The van der Waals surface area contributed by atoms with Crippen molar-refractivity contribution in [1.29, 1.82) is 0 Å². The second kappa shape index (κ2) is 2.52. The van der Waals surface area contributed by atoms with Gasteiger partial charge in [-0.3, -0.25) is 4.79 Å². The smallest absolute Gasteiger partial charge is 0.339 e. The number of hydrogen-bond acceptors (Lipinski definition) is 5. The topological polar surface area (TPSA) is 61.8 Å². The van der Waals surface area contributed by atoms with Crippen LogP contribution in [0.25, 0.3) is 0 Å². The first-order valence-electron chi connectivity index (χ1n) is 4.05. The predicted octanol–water partition coefficient (Wildman–Crippen LogP) is -0.369. The van der Waals surface area contributed by atoms with Gasteiger partial charge in [0.1, 0.15) is 6.10 Å². The molecule has 0 aromatic carbocycles. The molecular formula is C8H10O5. The number of esters is 1. The van der Waals surface area contributed by atoms with Crippen molar-refractivity contribution in [2.24, 2.45) is 0 Å². The van der Waals surface area contributed by atoms with E-state index < -0.39 is 30.1 Å². The van der Waals surface area contributed by atoms with Crippen molar-refractivity contribution in [2.45, 2.75) is 37.9 Å². The summed E-state index contributed by atoms with van der Waals surface area (Å²) in [6.45, 7) is 3.39. The zero-order valence-corrected chi connectivity index (χ0v) is 7.35. The third-order valence-corrected chi connectivity index (χ3v) is 2.07. The van der Waals surface area contributed by atoms with E-state index in [2.05, 4.69) is 0 Å². The van der Waals surface area contributed by atoms with Crippen molar-refractivity contribution in [2.75, 3.05) is 0 Å². The normalized spacial score (nSPS) is 41.4. The minimum absolute atomic E-state index is 0.521. The molecule has 0 bridgehead atoms. The minimum atomic E-state index is -0.820. The lowest BCUT2D eigenvalue weighted by molar-refractivity contribution is -0.186. The van der Waals surface area contributed by atoms with E-state index in [1.807, 2.05) is 0 Å². The summed E-state index contributed by atoms with van der Waals surface area (Å²) in [5.41, 5.74) is 0. The molecule has 2 aliphatic rings. The molecule has 3 atom stereocenters. The van der Waals surface area contributed by atoms with E-state index >= 15 is 0 Å². The molecule has 5 nitrogen and oxygen atoms in total. The molecule has 13 heavy (non-hydrogen) atoms. The zero-order chi connectivity index (χ0) is 9.64. The summed E-state index contributed by atoms with van der Waals surface area (Å²) < 4.78 is 15.3. The van der Waals surface area contributed by atoms with Gasteiger partial charge in [0.05, 0.1) is 0 Å². The average molecular weight is 186 g/mol. The fraction of sp³-hybridized carbons (Fsp3) is 0.750. The highest BCUT2D eigenvalue weighted by atomic mass is 16.8. The van der Waals surface area contributed by atoms with Crippen molar-refractivity contribution >= 4 is 12.3 Å². The average Bonchev–Trinajstić information content (AvgIpc) is 2.47. The Morgan fingerprint density at radius 1 is 1.38 bits per heavy atom. The molecule has 0 saturated carbocycles. The van der Waals surface area contributed by atoms with Crippen LogP contribution in [0.3, 0.4) is 0 Å². The summed E-state index contributed by atoms with van der Waals surface area (Å²) in [5, 5.41) is 0. The number of hydrogen-bond donors (Lipinski definition) is 0. The molecule has 2 heterocycles. The second-order valence-electron chi connectivity index (χ2n) is 3.56. The number of carbonyl (C=O) groups excluding carboxylic acids is 2. The van der Waals surface area contributed by atoms with E-state index in [1.54, 1.807) is 13.8 Å². The van der Waals surface area contributed by atoms with Crippen LogP contribution in [0.2, 0.25) is 0 Å². The Balaban J connectivity index is 2.22. The number of ether oxygens (including phenoxy) is 3. The molecule has 0 spiro atoms. The van der Waals surface area contributed by atoms with Crippen LogP contribution >= 0.6 is 0 Å². The van der Waals surface area contributed by atoms with Crippen LogP contribution in [0, 0.1) is 0 Å². The van der Waals surface area contributed by atoms with Gasteiger partial charge in [0.2, 0.25) is 0 Å². The Kier molecular flexibility index (Phi) is 1.68. The van der Waals surface area contributed by atoms with Crippen LogP contribution in [0.1, 0.15) is 13.8 Å². The Hall–Kier alpha value is -0.940. The molecule has 2 fully saturated rings. The molecule has 0 aromatic heterocycles. The molecule has 0 radical (unpaired) electrons. The molecule has 0 aliphatic carbocycles. The lowest BCUT2D eigenvalue weighted by atomic mass is 10.2. The molecule has 0 N–H and O–H groups in total. The Labute approximate surface area is 74.9 Å². The summed E-state index contributed by atoms with van der Waals surface area (Å²) in [6.07, 6.45) is -1.59. The van der Waals surface area contributed by atoms with E-state index in [4.69, 9.17) is 14.2 Å². The first-order valence-corrected chi connectivity index (χ1v) is 4.05. The maximum Gasteiger partial charge on any atom is 0.339 e. The van der Waals surface area contributed by atoms with Crippen molar-refractivity contribution in [3.63, 3.8) is 0 Å². The van der Waals surface area contributed by atoms with Gasteiger partial charge in [0.25, 0.3) is 0 Å². The summed E-state index contributed by atoms with van der Waals surface area (Å²) in [5.74, 6) is -1.33. The molecule has 2 rings (SSSR count). The van der Waals surface area contributed by atoms with Gasteiger partial charge in [-0.15, -0.1) is 0 Å². The van der Waals surface area contributed by atoms with E-state index in [9.17, 15) is 9.59 Å². The maximum atomic E-state index is 11.1. The van der Waals surface area contributed by atoms with Gasteiger partial charge >= 0.3 is 5.97 Å². The molecular weight excluding hydrogens is 176 g/mol. The fourth-order valence-electron chi connectivity index (χ4n) is 1.59. The van der Waals surface area contributed by atoms with Crippen molar-refractivity contribution < 1.29 is 23.8 Å². The van der Waals surface area contributed by atoms with Gasteiger partial charge in [-0.1, -0.05) is 0 Å². The monoisotopic (exact) mass is 186 g/mol. The van der Waals surface area contributed by atoms with Crippen molar-refractivity contribution in [1.82, 2.24) is 0 Å². The van der Waals surface area contributed by atoms with Gasteiger partial charge in [-0.25, -0.2) is 4.79 Å². The summed E-state index contributed by atoms with van der Waals surface area (Å²) in [7, 11) is 0. The lowest BCUT2D eigenvalue weighted by Crippen LogP contribution is -2.30. The van der Waals surface area contributed by atoms with E-state index in [-0.39, 0.29) is 0 Å². The summed E-state index contributed by atoms with van der Waals surface area (Å²) >= 11 is 0. The van der Waals surface area contributed by atoms with Crippen LogP contribution in [0.15, 0.2) is 0 Å². The Morgan fingerprint density at radius 3 is 2.69 bits per heavy atom. The highest BCUT2D eigenvalue weighted by Crippen LogP contribution is 2.35. The van der Waals surface area contributed by atoms with Crippen molar-refractivity contribution in [3.05, 3.63) is 0 Å². The second-order valence-corrected chi connectivity index (χ2v) is 3.56. The van der Waals surface area contributed by atoms with Crippen LogP contribution in [-0.4, -0.2) is 36.4 Å². The van der Waals surface area contributed by atoms with E-state index in [1.165, 1.54) is 0 Å². The van der Waals surface area contributed by atoms with Gasteiger partial charge in [-0.05, 0) is 13.8 Å². The number of fused-ring (bicyclic) bond motifs is 1. The highest BCUT2D eigenvalue weighted by molar-refractivity contribution is 5.82. The quantitative estimate of drug-likeness (QED) is 0.413. The summed E-state index contributed by atoms with van der Waals surface area (Å²) in [6, 6.07) is 0.